The smallest absolute Gasteiger partial charge is 0.115 e. The lowest BCUT2D eigenvalue weighted by atomic mass is 10.1. The maximum atomic E-state index is 5.57. The number of fused-ring (bicyclic) bond motifs is 1. The van der Waals surface area contributed by atoms with Gasteiger partial charge in [0.15, 0.2) is 0 Å². The van der Waals surface area contributed by atoms with Crippen molar-refractivity contribution in [3.8, 4) is 0 Å². The first-order valence-corrected chi connectivity index (χ1v) is 3.88. The lowest BCUT2D eigenvalue weighted by molar-refractivity contribution is 0.572. The van der Waals surface area contributed by atoms with Gasteiger partial charge in [0.2, 0.25) is 0 Å². The molecule has 0 amide bonds. The Bertz CT molecular complexity index is 234. The molecule has 0 aromatic carbocycles. The molecule has 1 atom stereocenters. The average Bonchev–Trinajstić information content (AvgIpc) is 2.46. The molecule has 11 heavy (non-hydrogen) atoms. The Kier molecular flexibility index (Phi) is 1.58. The molecule has 3 nitrogen and oxygen atoms in total. The topological polar surface area (TPSA) is 51.8 Å². The molecule has 1 aromatic rings. The van der Waals surface area contributed by atoms with Gasteiger partial charge in [-0.2, -0.15) is 0 Å². The number of rotatable bonds is 1. The second-order valence-corrected chi connectivity index (χ2v) is 3.00. The first kappa shape index (κ1) is 6.73. The predicted octanol–water partition coefficient (Wildman–Crippen LogP) is 0.150. The SMILES string of the molecule is NCC1Cc2cncnc2C1. The van der Waals surface area contributed by atoms with Gasteiger partial charge in [0.05, 0.1) is 0 Å². The quantitative estimate of drug-likeness (QED) is 0.618. The van der Waals surface area contributed by atoms with Crippen molar-refractivity contribution in [1.82, 2.24) is 9.97 Å². The molecule has 1 unspecified atom stereocenters. The number of aromatic nitrogens is 2. The van der Waals surface area contributed by atoms with Crippen LogP contribution in [0.25, 0.3) is 0 Å². The predicted molar refractivity (Wildman–Crippen MR) is 42.0 cm³/mol. The molecule has 1 heterocycles. The number of nitrogens with two attached hydrogens (primary N) is 1. The van der Waals surface area contributed by atoms with Crippen LogP contribution in [0.1, 0.15) is 11.3 Å². The van der Waals surface area contributed by atoms with E-state index in [1.54, 1.807) is 6.33 Å². The fraction of sp³-hybridized carbons (Fsp3) is 0.500. The Morgan fingerprint density at radius 1 is 1.55 bits per heavy atom. The lowest BCUT2D eigenvalue weighted by Gasteiger charge is -2.00. The monoisotopic (exact) mass is 149 g/mol. The molecule has 0 spiro atoms. The van der Waals surface area contributed by atoms with Crippen LogP contribution in [0.2, 0.25) is 0 Å². The first-order valence-electron chi connectivity index (χ1n) is 3.88. The van der Waals surface area contributed by atoms with E-state index in [0.717, 1.165) is 19.4 Å². The zero-order chi connectivity index (χ0) is 7.68. The Labute approximate surface area is 65.7 Å². The van der Waals surface area contributed by atoms with Crippen LogP contribution in [0.3, 0.4) is 0 Å². The number of hydrogen-bond acceptors (Lipinski definition) is 3. The van der Waals surface area contributed by atoms with E-state index in [2.05, 4.69) is 9.97 Å². The second-order valence-electron chi connectivity index (χ2n) is 3.00. The van der Waals surface area contributed by atoms with E-state index in [-0.39, 0.29) is 0 Å². The van der Waals surface area contributed by atoms with Gasteiger partial charge >= 0.3 is 0 Å². The highest BCUT2D eigenvalue weighted by Crippen LogP contribution is 2.22. The minimum absolute atomic E-state index is 0.599. The number of hydrogen-bond donors (Lipinski definition) is 1. The highest BCUT2D eigenvalue weighted by atomic mass is 14.8. The van der Waals surface area contributed by atoms with Crippen molar-refractivity contribution in [1.29, 1.82) is 0 Å². The van der Waals surface area contributed by atoms with Crippen molar-refractivity contribution in [3.05, 3.63) is 23.8 Å². The molecule has 0 bridgehead atoms. The van der Waals surface area contributed by atoms with E-state index in [4.69, 9.17) is 5.73 Å². The molecule has 2 N–H and O–H groups in total. The third-order valence-electron chi connectivity index (χ3n) is 2.21. The van der Waals surface area contributed by atoms with E-state index in [1.807, 2.05) is 6.20 Å². The minimum Gasteiger partial charge on any atom is -0.330 e. The van der Waals surface area contributed by atoms with Crippen LogP contribution in [-0.4, -0.2) is 16.5 Å². The fourth-order valence-corrected chi connectivity index (χ4v) is 1.56. The molecule has 0 fully saturated rings. The lowest BCUT2D eigenvalue weighted by Crippen LogP contribution is -2.13. The molecule has 2 rings (SSSR count). The normalized spacial score (nSPS) is 21.7. The highest BCUT2D eigenvalue weighted by molar-refractivity contribution is 5.22. The molecular weight excluding hydrogens is 138 g/mol. The molecular formula is C8H11N3. The third-order valence-corrected chi connectivity index (χ3v) is 2.21. The molecule has 0 saturated carbocycles. The molecule has 0 radical (unpaired) electrons. The van der Waals surface area contributed by atoms with Crippen LogP contribution in [0.15, 0.2) is 12.5 Å². The minimum atomic E-state index is 0.599. The Balaban J connectivity index is 2.27. The Hall–Kier alpha value is -0.960. The molecule has 0 aliphatic heterocycles. The molecule has 58 valence electrons. The van der Waals surface area contributed by atoms with Crippen LogP contribution >= 0.6 is 0 Å². The zero-order valence-corrected chi connectivity index (χ0v) is 6.33. The summed E-state index contributed by atoms with van der Waals surface area (Å²) >= 11 is 0. The van der Waals surface area contributed by atoms with E-state index in [9.17, 15) is 0 Å². The third kappa shape index (κ3) is 1.12. The van der Waals surface area contributed by atoms with E-state index in [1.165, 1.54) is 11.3 Å². The maximum absolute atomic E-state index is 5.57. The van der Waals surface area contributed by atoms with Gasteiger partial charge in [-0.05, 0) is 30.9 Å². The van der Waals surface area contributed by atoms with Gasteiger partial charge in [0.25, 0.3) is 0 Å². The van der Waals surface area contributed by atoms with E-state index in [0.29, 0.717) is 5.92 Å². The zero-order valence-electron chi connectivity index (χ0n) is 6.33. The van der Waals surface area contributed by atoms with Crippen molar-refractivity contribution in [3.63, 3.8) is 0 Å². The first-order chi connectivity index (χ1) is 5.40. The van der Waals surface area contributed by atoms with Gasteiger partial charge in [-0.25, -0.2) is 9.97 Å². The van der Waals surface area contributed by atoms with E-state index < -0.39 is 0 Å². The van der Waals surface area contributed by atoms with E-state index >= 15 is 0 Å². The average molecular weight is 149 g/mol. The van der Waals surface area contributed by atoms with Gasteiger partial charge < -0.3 is 5.73 Å². The van der Waals surface area contributed by atoms with Crippen molar-refractivity contribution < 1.29 is 0 Å². The van der Waals surface area contributed by atoms with Crippen molar-refractivity contribution in [2.24, 2.45) is 11.7 Å². The van der Waals surface area contributed by atoms with Gasteiger partial charge in [-0.15, -0.1) is 0 Å². The van der Waals surface area contributed by atoms with Crippen molar-refractivity contribution in [2.75, 3.05) is 6.54 Å². The Morgan fingerprint density at radius 3 is 3.18 bits per heavy atom. The van der Waals surface area contributed by atoms with Gasteiger partial charge in [-0.3, -0.25) is 0 Å². The largest absolute Gasteiger partial charge is 0.330 e. The standard InChI is InChI=1S/C8H11N3/c9-3-6-1-7-4-10-5-11-8(7)2-6/h4-6H,1-3,9H2. The van der Waals surface area contributed by atoms with Crippen LogP contribution in [0.5, 0.6) is 0 Å². The molecule has 0 saturated heterocycles. The summed E-state index contributed by atoms with van der Waals surface area (Å²) in [6, 6.07) is 0. The van der Waals surface area contributed by atoms with Gasteiger partial charge in [0, 0.05) is 11.9 Å². The maximum Gasteiger partial charge on any atom is 0.115 e. The summed E-state index contributed by atoms with van der Waals surface area (Å²) in [4.78, 5) is 8.16. The van der Waals surface area contributed by atoms with Crippen molar-refractivity contribution >= 4 is 0 Å². The fourth-order valence-electron chi connectivity index (χ4n) is 1.56. The van der Waals surface area contributed by atoms with Gasteiger partial charge in [0.1, 0.15) is 6.33 Å². The van der Waals surface area contributed by atoms with Crippen LogP contribution in [0.4, 0.5) is 0 Å². The van der Waals surface area contributed by atoms with Gasteiger partial charge in [-0.1, -0.05) is 0 Å². The molecule has 1 aliphatic carbocycles. The van der Waals surface area contributed by atoms with Crippen LogP contribution in [0, 0.1) is 5.92 Å². The Morgan fingerprint density at radius 2 is 2.45 bits per heavy atom. The molecule has 1 aliphatic rings. The summed E-state index contributed by atoms with van der Waals surface area (Å²) in [5.41, 5.74) is 8.04. The second kappa shape index (κ2) is 2.58. The summed E-state index contributed by atoms with van der Waals surface area (Å²) in [5.74, 6) is 0.599. The summed E-state index contributed by atoms with van der Waals surface area (Å²) in [7, 11) is 0. The highest BCUT2D eigenvalue weighted by Gasteiger charge is 2.20. The summed E-state index contributed by atoms with van der Waals surface area (Å²) < 4.78 is 0. The summed E-state index contributed by atoms with van der Waals surface area (Å²) in [6.07, 6.45) is 5.61. The van der Waals surface area contributed by atoms with Crippen LogP contribution < -0.4 is 5.73 Å². The van der Waals surface area contributed by atoms with Crippen LogP contribution in [-0.2, 0) is 12.8 Å². The summed E-state index contributed by atoms with van der Waals surface area (Å²) in [6.45, 7) is 0.760. The summed E-state index contributed by atoms with van der Waals surface area (Å²) in [5, 5.41) is 0. The number of nitrogens with zero attached hydrogens (tertiary/aromatic N) is 2. The van der Waals surface area contributed by atoms with Crippen molar-refractivity contribution in [2.45, 2.75) is 12.8 Å². The molecule has 1 aromatic heterocycles. The molecule has 3 heteroatoms.